The van der Waals surface area contributed by atoms with Crippen LogP contribution in [-0.2, 0) is 9.53 Å². The van der Waals surface area contributed by atoms with Crippen LogP contribution in [-0.4, -0.2) is 48.9 Å². The molecule has 0 aromatic rings. The highest BCUT2D eigenvalue weighted by atomic mass is 32.2. The molecule has 0 aromatic heterocycles. The quantitative estimate of drug-likeness (QED) is 0.485. The van der Waals surface area contributed by atoms with Gasteiger partial charge >= 0.3 is 5.97 Å². The van der Waals surface area contributed by atoms with E-state index in [9.17, 15) is 4.79 Å². The van der Waals surface area contributed by atoms with E-state index in [1.54, 1.807) is 7.05 Å². The molecule has 0 rings (SSSR count). The summed E-state index contributed by atoms with van der Waals surface area (Å²) in [6.07, 6.45) is 1.71. The van der Waals surface area contributed by atoms with E-state index < -0.39 is 5.54 Å². The monoisotopic (exact) mass is 263 g/mol. The lowest BCUT2D eigenvalue weighted by atomic mass is 9.97. The first-order chi connectivity index (χ1) is 8.00. The van der Waals surface area contributed by atoms with Crippen LogP contribution in [0.15, 0.2) is 0 Å². The summed E-state index contributed by atoms with van der Waals surface area (Å²) in [5.41, 5.74) is -0.585. The van der Waals surface area contributed by atoms with Crippen molar-refractivity contribution in [2.45, 2.75) is 32.2 Å². The van der Waals surface area contributed by atoms with Gasteiger partial charge in [-0.25, -0.2) is 0 Å². The zero-order valence-electron chi connectivity index (χ0n) is 11.3. The van der Waals surface area contributed by atoms with Gasteiger partial charge in [0.2, 0.25) is 0 Å². The average molecular weight is 263 g/mol. The maximum absolute atomic E-state index is 11.6. The number of nitrogens with one attached hydrogen (secondary N) is 1. The third-order valence-corrected chi connectivity index (χ3v) is 4.25. The molecule has 0 radical (unpaired) electrons. The Hall–Kier alpha value is -0.260. The normalized spacial score (nSPS) is 16.3. The Kier molecular flexibility index (Phi) is 8.64. The van der Waals surface area contributed by atoms with Crippen LogP contribution in [0.1, 0.15) is 26.7 Å². The van der Waals surface area contributed by atoms with Crippen molar-refractivity contribution >= 4 is 17.7 Å². The molecule has 0 aliphatic rings. The summed E-state index contributed by atoms with van der Waals surface area (Å²) < 4.78 is 4.78. The molecule has 0 amide bonds. The van der Waals surface area contributed by atoms with Gasteiger partial charge in [-0.15, -0.1) is 0 Å². The molecule has 102 valence electrons. The largest absolute Gasteiger partial charge is 0.468 e. The molecular weight excluding hydrogens is 238 g/mol. The van der Waals surface area contributed by atoms with Crippen LogP contribution >= 0.6 is 11.8 Å². The molecule has 0 aliphatic heterocycles. The minimum absolute atomic E-state index is 0.214. The van der Waals surface area contributed by atoms with Crippen LogP contribution in [0, 0.1) is 5.92 Å². The molecule has 0 aromatic carbocycles. The summed E-state index contributed by atoms with van der Waals surface area (Å²) >= 11 is 1.82. The van der Waals surface area contributed by atoms with E-state index in [0.29, 0.717) is 5.92 Å². The summed E-state index contributed by atoms with van der Waals surface area (Å²) in [5.74, 6) is 2.09. The maximum Gasteiger partial charge on any atom is 0.325 e. The van der Waals surface area contributed by atoms with Crippen molar-refractivity contribution in [3.8, 4) is 0 Å². The standard InChI is InChI=1S/C12H25NO3S/c1-10(8-14)9-17-7-5-6-12(2,13-3)11(15)16-4/h10,13-14H,5-9H2,1-4H3. The van der Waals surface area contributed by atoms with Gasteiger partial charge in [0, 0.05) is 6.61 Å². The van der Waals surface area contributed by atoms with Crippen molar-refractivity contribution in [2.24, 2.45) is 5.92 Å². The maximum atomic E-state index is 11.6. The predicted molar refractivity (Wildman–Crippen MR) is 72.3 cm³/mol. The number of rotatable bonds is 9. The van der Waals surface area contributed by atoms with Crippen molar-refractivity contribution in [3.05, 3.63) is 0 Å². The second-order valence-corrected chi connectivity index (χ2v) is 5.69. The molecule has 0 fully saturated rings. The third kappa shape index (κ3) is 6.29. The number of aliphatic hydroxyl groups is 1. The molecule has 17 heavy (non-hydrogen) atoms. The lowest BCUT2D eigenvalue weighted by Gasteiger charge is -2.25. The van der Waals surface area contributed by atoms with Gasteiger partial charge in [0.1, 0.15) is 5.54 Å². The van der Waals surface area contributed by atoms with Crippen LogP contribution in [0.2, 0.25) is 0 Å². The van der Waals surface area contributed by atoms with Crippen molar-refractivity contribution in [3.63, 3.8) is 0 Å². The second kappa shape index (κ2) is 8.78. The number of hydrogen-bond acceptors (Lipinski definition) is 5. The van der Waals surface area contributed by atoms with Gasteiger partial charge in [-0.3, -0.25) is 4.79 Å². The fourth-order valence-corrected chi connectivity index (χ4v) is 2.44. The zero-order valence-corrected chi connectivity index (χ0v) is 12.1. The molecule has 0 saturated carbocycles. The highest BCUT2D eigenvalue weighted by Gasteiger charge is 2.31. The van der Waals surface area contributed by atoms with E-state index >= 15 is 0 Å². The first-order valence-electron chi connectivity index (χ1n) is 5.96. The highest BCUT2D eigenvalue weighted by molar-refractivity contribution is 7.99. The molecule has 0 aliphatic carbocycles. The van der Waals surface area contributed by atoms with Gasteiger partial charge in [0.15, 0.2) is 0 Å². The molecule has 0 heterocycles. The van der Waals surface area contributed by atoms with Gasteiger partial charge in [-0.1, -0.05) is 6.92 Å². The molecule has 2 unspecified atom stereocenters. The summed E-state index contributed by atoms with van der Waals surface area (Å²) in [5, 5.41) is 11.9. The zero-order chi connectivity index (χ0) is 13.3. The molecule has 2 N–H and O–H groups in total. The number of ether oxygens (including phenoxy) is 1. The second-order valence-electron chi connectivity index (χ2n) is 4.54. The van der Waals surface area contributed by atoms with Gasteiger partial charge in [-0.2, -0.15) is 11.8 Å². The summed E-state index contributed by atoms with van der Waals surface area (Å²) in [6, 6.07) is 0. The minimum atomic E-state index is -0.585. The third-order valence-electron chi connectivity index (χ3n) is 2.87. The number of carbonyl (C=O) groups is 1. The average Bonchev–Trinajstić information content (AvgIpc) is 2.36. The number of aliphatic hydroxyl groups excluding tert-OH is 1. The van der Waals surface area contributed by atoms with E-state index in [0.717, 1.165) is 24.3 Å². The van der Waals surface area contributed by atoms with E-state index in [1.807, 2.05) is 25.6 Å². The first-order valence-corrected chi connectivity index (χ1v) is 7.11. The van der Waals surface area contributed by atoms with E-state index in [4.69, 9.17) is 9.84 Å². The molecular formula is C12H25NO3S. The SMILES string of the molecule is CNC(C)(CCCSCC(C)CO)C(=O)OC. The Morgan fingerprint density at radius 2 is 2.24 bits per heavy atom. The summed E-state index contributed by atoms with van der Waals surface area (Å²) in [7, 11) is 3.19. The molecule has 0 spiro atoms. The van der Waals surface area contributed by atoms with E-state index in [-0.39, 0.29) is 12.6 Å². The van der Waals surface area contributed by atoms with Crippen LogP contribution in [0.4, 0.5) is 0 Å². The van der Waals surface area contributed by atoms with Crippen molar-refractivity contribution < 1.29 is 14.6 Å². The number of thioether (sulfide) groups is 1. The Bertz CT molecular complexity index is 226. The van der Waals surface area contributed by atoms with Gasteiger partial charge in [0.25, 0.3) is 0 Å². The van der Waals surface area contributed by atoms with Crippen molar-refractivity contribution in [1.82, 2.24) is 5.32 Å². The van der Waals surface area contributed by atoms with Crippen LogP contribution in [0.3, 0.4) is 0 Å². The van der Waals surface area contributed by atoms with Gasteiger partial charge in [-0.05, 0) is 44.2 Å². The Balaban J connectivity index is 3.81. The van der Waals surface area contributed by atoms with Crippen molar-refractivity contribution in [1.29, 1.82) is 0 Å². The topological polar surface area (TPSA) is 58.6 Å². The van der Waals surface area contributed by atoms with Crippen LogP contribution in [0.5, 0.6) is 0 Å². The van der Waals surface area contributed by atoms with E-state index in [1.165, 1.54) is 7.11 Å². The summed E-state index contributed by atoms with van der Waals surface area (Å²) in [4.78, 5) is 11.6. The smallest absolute Gasteiger partial charge is 0.325 e. The number of hydrogen-bond donors (Lipinski definition) is 2. The lowest BCUT2D eigenvalue weighted by Crippen LogP contribution is -2.48. The number of likely N-dealkylation sites (N-methyl/N-ethyl adjacent to an activating group) is 1. The van der Waals surface area contributed by atoms with E-state index in [2.05, 4.69) is 5.32 Å². The minimum Gasteiger partial charge on any atom is -0.468 e. The van der Waals surface area contributed by atoms with Gasteiger partial charge < -0.3 is 15.2 Å². The van der Waals surface area contributed by atoms with Crippen LogP contribution in [0.25, 0.3) is 0 Å². The molecule has 2 atom stereocenters. The molecule has 4 nitrogen and oxygen atoms in total. The molecule has 0 bridgehead atoms. The van der Waals surface area contributed by atoms with Gasteiger partial charge in [0.05, 0.1) is 7.11 Å². The number of carbonyl (C=O) groups excluding carboxylic acids is 1. The predicted octanol–water partition coefficient (Wildman–Crippen LogP) is 1.28. The Labute approximate surface area is 108 Å². The first kappa shape index (κ1) is 16.7. The summed E-state index contributed by atoms with van der Waals surface area (Å²) in [6.45, 7) is 4.13. The highest BCUT2D eigenvalue weighted by Crippen LogP contribution is 2.17. The molecule has 5 heteroatoms. The van der Waals surface area contributed by atoms with Crippen molar-refractivity contribution in [2.75, 3.05) is 32.3 Å². The Morgan fingerprint density at radius 3 is 2.71 bits per heavy atom. The Morgan fingerprint density at radius 1 is 1.59 bits per heavy atom. The fourth-order valence-electron chi connectivity index (χ4n) is 1.42. The fraction of sp³-hybridized carbons (Fsp3) is 0.917. The molecule has 0 saturated heterocycles. The van der Waals surface area contributed by atoms with Crippen LogP contribution < -0.4 is 5.32 Å². The lowest BCUT2D eigenvalue weighted by molar-refractivity contribution is -0.148. The number of esters is 1. The number of methoxy groups -OCH3 is 1.